The predicted octanol–water partition coefficient (Wildman–Crippen LogP) is 2.04. The zero-order valence-corrected chi connectivity index (χ0v) is 8.18. The largest absolute Gasteiger partial charge is 0.342 e. The lowest BCUT2D eigenvalue weighted by molar-refractivity contribution is -0.131. The first kappa shape index (κ1) is 9.56. The van der Waals surface area contributed by atoms with Crippen LogP contribution in [0.1, 0.15) is 39.5 Å². The van der Waals surface area contributed by atoms with E-state index in [1.165, 1.54) is 12.8 Å². The Kier molecular flexibility index (Phi) is 3.57. The molecule has 1 rings (SSSR count). The molecule has 0 atom stereocenters. The highest BCUT2D eigenvalue weighted by molar-refractivity contribution is 5.75. The van der Waals surface area contributed by atoms with Gasteiger partial charge in [-0.3, -0.25) is 4.79 Å². The highest BCUT2D eigenvalue weighted by atomic mass is 16.2. The number of carbonyl (C=O) groups excluding carboxylic acids is 1. The molecule has 0 saturated heterocycles. The Morgan fingerprint density at radius 3 is 2.50 bits per heavy atom. The van der Waals surface area contributed by atoms with Gasteiger partial charge in [-0.15, -0.1) is 0 Å². The molecular weight excluding hydrogens is 150 g/mol. The monoisotopic (exact) mass is 169 g/mol. The highest BCUT2D eigenvalue weighted by Gasteiger charge is 2.25. The molecular formula is C10H19NO. The molecule has 1 aliphatic rings. The summed E-state index contributed by atoms with van der Waals surface area (Å²) in [5.74, 6) is 1.15. The van der Waals surface area contributed by atoms with Crippen LogP contribution in [0.25, 0.3) is 0 Å². The van der Waals surface area contributed by atoms with E-state index in [0.717, 1.165) is 25.4 Å². The molecule has 0 heterocycles. The van der Waals surface area contributed by atoms with Crippen molar-refractivity contribution in [2.45, 2.75) is 39.5 Å². The average molecular weight is 169 g/mol. The van der Waals surface area contributed by atoms with E-state index in [0.29, 0.717) is 12.3 Å². The Hall–Kier alpha value is -0.530. The average Bonchev–Trinajstić information content (AvgIpc) is 2.86. The van der Waals surface area contributed by atoms with Crippen LogP contribution in [0.2, 0.25) is 0 Å². The number of amides is 1. The fourth-order valence-corrected chi connectivity index (χ4v) is 1.42. The Morgan fingerprint density at radius 1 is 1.42 bits per heavy atom. The van der Waals surface area contributed by atoms with Crippen molar-refractivity contribution < 1.29 is 4.79 Å². The van der Waals surface area contributed by atoms with Crippen molar-refractivity contribution in [3.8, 4) is 0 Å². The number of nitrogens with zero attached hydrogens (tertiary/aromatic N) is 1. The third kappa shape index (κ3) is 2.84. The summed E-state index contributed by atoms with van der Waals surface area (Å²) in [6, 6.07) is 0. The summed E-state index contributed by atoms with van der Waals surface area (Å²) in [7, 11) is 0. The minimum absolute atomic E-state index is 0.323. The van der Waals surface area contributed by atoms with Crippen LogP contribution in [-0.4, -0.2) is 23.9 Å². The van der Waals surface area contributed by atoms with Gasteiger partial charge in [0.2, 0.25) is 5.91 Å². The van der Waals surface area contributed by atoms with Crippen molar-refractivity contribution in [1.82, 2.24) is 4.90 Å². The van der Waals surface area contributed by atoms with Crippen LogP contribution in [0.15, 0.2) is 0 Å². The van der Waals surface area contributed by atoms with Crippen molar-refractivity contribution >= 4 is 5.91 Å². The van der Waals surface area contributed by atoms with E-state index in [2.05, 4.69) is 6.92 Å². The zero-order valence-electron chi connectivity index (χ0n) is 8.18. The zero-order chi connectivity index (χ0) is 8.97. The number of hydrogen-bond donors (Lipinski definition) is 0. The number of hydrogen-bond acceptors (Lipinski definition) is 1. The van der Waals surface area contributed by atoms with Gasteiger partial charge in [0.05, 0.1) is 0 Å². The minimum Gasteiger partial charge on any atom is -0.342 e. The summed E-state index contributed by atoms with van der Waals surface area (Å²) in [4.78, 5) is 13.4. The van der Waals surface area contributed by atoms with Crippen molar-refractivity contribution in [1.29, 1.82) is 0 Å². The maximum absolute atomic E-state index is 11.4. The molecule has 0 aliphatic heterocycles. The number of carbonyl (C=O) groups is 1. The predicted molar refractivity (Wildman–Crippen MR) is 49.9 cm³/mol. The van der Waals surface area contributed by atoms with E-state index < -0.39 is 0 Å². The topological polar surface area (TPSA) is 20.3 Å². The van der Waals surface area contributed by atoms with Crippen LogP contribution in [0.5, 0.6) is 0 Å². The van der Waals surface area contributed by atoms with Gasteiger partial charge in [0, 0.05) is 19.5 Å². The smallest absolute Gasteiger partial charge is 0.222 e. The van der Waals surface area contributed by atoms with E-state index in [1.807, 2.05) is 11.8 Å². The standard InChI is InChI=1S/C10H19NO/c1-3-7-11(10(12)4-2)8-9-5-6-9/h9H,3-8H2,1-2H3. The Bertz CT molecular complexity index is 152. The van der Waals surface area contributed by atoms with Gasteiger partial charge in [0.15, 0.2) is 0 Å². The molecule has 0 aromatic rings. The maximum Gasteiger partial charge on any atom is 0.222 e. The third-order valence-corrected chi connectivity index (χ3v) is 2.32. The Morgan fingerprint density at radius 2 is 2.08 bits per heavy atom. The molecule has 0 spiro atoms. The molecule has 0 radical (unpaired) electrons. The minimum atomic E-state index is 0.323. The second-order valence-electron chi connectivity index (χ2n) is 3.64. The summed E-state index contributed by atoms with van der Waals surface area (Å²) in [5.41, 5.74) is 0. The van der Waals surface area contributed by atoms with Crippen LogP contribution in [0.4, 0.5) is 0 Å². The molecule has 12 heavy (non-hydrogen) atoms. The van der Waals surface area contributed by atoms with Gasteiger partial charge >= 0.3 is 0 Å². The molecule has 0 aromatic carbocycles. The summed E-state index contributed by atoms with van der Waals surface area (Å²) in [6.07, 6.45) is 4.40. The van der Waals surface area contributed by atoms with Gasteiger partial charge in [-0.05, 0) is 25.2 Å². The molecule has 0 unspecified atom stereocenters. The van der Waals surface area contributed by atoms with E-state index in [4.69, 9.17) is 0 Å². The maximum atomic E-state index is 11.4. The molecule has 2 heteroatoms. The first-order valence-corrected chi connectivity index (χ1v) is 5.05. The summed E-state index contributed by atoms with van der Waals surface area (Å²) < 4.78 is 0. The molecule has 0 bridgehead atoms. The summed E-state index contributed by atoms with van der Waals surface area (Å²) in [5, 5.41) is 0. The molecule has 1 aliphatic carbocycles. The molecule has 0 N–H and O–H groups in total. The van der Waals surface area contributed by atoms with Gasteiger partial charge in [0.1, 0.15) is 0 Å². The lowest BCUT2D eigenvalue weighted by Crippen LogP contribution is -2.32. The molecule has 70 valence electrons. The summed E-state index contributed by atoms with van der Waals surface area (Å²) >= 11 is 0. The van der Waals surface area contributed by atoms with Gasteiger partial charge in [0.25, 0.3) is 0 Å². The highest BCUT2D eigenvalue weighted by Crippen LogP contribution is 2.29. The van der Waals surface area contributed by atoms with E-state index in [-0.39, 0.29) is 0 Å². The molecule has 1 fully saturated rings. The van der Waals surface area contributed by atoms with Crippen LogP contribution in [0, 0.1) is 5.92 Å². The second-order valence-corrected chi connectivity index (χ2v) is 3.64. The first-order valence-electron chi connectivity index (χ1n) is 5.05. The van der Waals surface area contributed by atoms with Gasteiger partial charge in [-0.25, -0.2) is 0 Å². The molecule has 2 nitrogen and oxygen atoms in total. The summed E-state index contributed by atoms with van der Waals surface area (Å²) in [6.45, 7) is 6.03. The van der Waals surface area contributed by atoms with Crippen LogP contribution >= 0.6 is 0 Å². The SMILES string of the molecule is CCCN(CC1CC1)C(=O)CC. The Labute approximate surface area is 74.9 Å². The number of rotatable bonds is 5. The van der Waals surface area contributed by atoms with Gasteiger partial charge < -0.3 is 4.90 Å². The lowest BCUT2D eigenvalue weighted by atomic mass is 10.3. The van der Waals surface area contributed by atoms with Crippen LogP contribution in [-0.2, 0) is 4.79 Å². The van der Waals surface area contributed by atoms with Gasteiger partial charge in [-0.1, -0.05) is 13.8 Å². The second kappa shape index (κ2) is 4.48. The van der Waals surface area contributed by atoms with E-state index in [9.17, 15) is 4.79 Å². The van der Waals surface area contributed by atoms with E-state index in [1.54, 1.807) is 0 Å². The fraction of sp³-hybridized carbons (Fsp3) is 0.900. The normalized spacial score (nSPS) is 16.2. The molecule has 1 saturated carbocycles. The van der Waals surface area contributed by atoms with Gasteiger partial charge in [-0.2, -0.15) is 0 Å². The van der Waals surface area contributed by atoms with Crippen molar-refractivity contribution in [2.75, 3.05) is 13.1 Å². The Balaban J connectivity index is 2.30. The van der Waals surface area contributed by atoms with Crippen molar-refractivity contribution in [3.05, 3.63) is 0 Å². The molecule has 1 amide bonds. The fourth-order valence-electron chi connectivity index (χ4n) is 1.42. The lowest BCUT2D eigenvalue weighted by Gasteiger charge is -2.21. The van der Waals surface area contributed by atoms with Crippen LogP contribution < -0.4 is 0 Å². The van der Waals surface area contributed by atoms with E-state index >= 15 is 0 Å². The first-order chi connectivity index (χ1) is 5.77. The van der Waals surface area contributed by atoms with Crippen molar-refractivity contribution in [3.63, 3.8) is 0 Å². The quantitative estimate of drug-likeness (QED) is 0.616. The van der Waals surface area contributed by atoms with Crippen LogP contribution in [0.3, 0.4) is 0 Å². The third-order valence-electron chi connectivity index (χ3n) is 2.32. The van der Waals surface area contributed by atoms with Crippen molar-refractivity contribution in [2.24, 2.45) is 5.92 Å². The molecule has 0 aromatic heterocycles.